The molecule has 104 valence electrons. The van der Waals surface area contributed by atoms with Gasteiger partial charge < -0.3 is 16.0 Å². The van der Waals surface area contributed by atoms with Crippen molar-refractivity contribution < 1.29 is 4.79 Å². The molecule has 0 spiro atoms. The molecule has 0 unspecified atom stereocenters. The Morgan fingerprint density at radius 1 is 1.58 bits per heavy atom. The molecule has 0 radical (unpaired) electrons. The zero-order chi connectivity index (χ0) is 13.8. The number of hydrogen-bond donors (Lipinski definition) is 3. The minimum absolute atomic E-state index is 0.152. The SMILES string of the molecule is Cc1nc(NC2CCN(CC(N)=O)CC2)cc(=O)[nH]1. The van der Waals surface area contributed by atoms with Crippen molar-refractivity contribution in [1.82, 2.24) is 14.9 Å². The fourth-order valence-corrected chi connectivity index (χ4v) is 2.32. The number of carbonyl (C=O) groups is 1. The lowest BCUT2D eigenvalue weighted by atomic mass is 10.1. The molecule has 0 aliphatic carbocycles. The molecule has 1 aliphatic heterocycles. The van der Waals surface area contributed by atoms with Gasteiger partial charge in [0.15, 0.2) is 0 Å². The fraction of sp³-hybridized carbons (Fsp3) is 0.583. The molecule has 2 heterocycles. The van der Waals surface area contributed by atoms with Crippen LogP contribution in [0.3, 0.4) is 0 Å². The van der Waals surface area contributed by atoms with Gasteiger partial charge in [0.1, 0.15) is 11.6 Å². The third-order valence-corrected chi connectivity index (χ3v) is 3.18. The number of nitrogens with one attached hydrogen (secondary N) is 2. The molecule has 4 N–H and O–H groups in total. The van der Waals surface area contributed by atoms with Gasteiger partial charge in [-0.05, 0) is 19.8 Å². The van der Waals surface area contributed by atoms with Crippen LogP contribution in [-0.2, 0) is 4.79 Å². The van der Waals surface area contributed by atoms with Gasteiger partial charge in [0.05, 0.1) is 6.54 Å². The number of piperidine rings is 1. The molecular formula is C12H19N5O2. The summed E-state index contributed by atoms with van der Waals surface area (Å²) in [6.45, 7) is 3.71. The molecule has 1 fully saturated rings. The Morgan fingerprint density at radius 3 is 2.84 bits per heavy atom. The second-order valence-electron chi connectivity index (χ2n) is 4.88. The number of amides is 1. The summed E-state index contributed by atoms with van der Waals surface area (Å²) in [6.07, 6.45) is 1.81. The monoisotopic (exact) mass is 265 g/mol. The fourth-order valence-electron chi connectivity index (χ4n) is 2.32. The van der Waals surface area contributed by atoms with Crippen LogP contribution in [0.5, 0.6) is 0 Å². The third kappa shape index (κ3) is 4.06. The van der Waals surface area contributed by atoms with Crippen LogP contribution >= 0.6 is 0 Å². The van der Waals surface area contributed by atoms with Crippen molar-refractivity contribution in [2.75, 3.05) is 25.0 Å². The second-order valence-corrected chi connectivity index (χ2v) is 4.88. The molecule has 19 heavy (non-hydrogen) atoms. The molecule has 1 amide bonds. The lowest BCUT2D eigenvalue weighted by Gasteiger charge is -2.31. The van der Waals surface area contributed by atoms with E-state index < -0.39 is 0 Å². The smallest absolute Gasteiger partial charge is 0.252 e. The lowest BCUT2D eigenvalue weighted by Crippen LogP contribution is -2.43. The van der Waals surface area contributed by atoms with Crippen molar-refractivity contribution in [1.29, 1.82) is 0 Å². The topological polar surface area (TPSA) is 104 Å². The van der Waals surface area contributed by atoms with Gasteiger partial charge in [-0.3, -0.25) is 14.5 Å². The summed E-state index contributed by atoms with van der Waals surface area (Å²) in [4.78, 5) is 31.1. The summed E-state index contributed by atoms with van der Waals surface area (Å²) in [5.41, 5.74) is 5.02. The summed E-state index contributed by atoms with van der Waals surface area (Å²) in [5, 5.41) is 3.26. The number of aromatic amines is 1. The predicted molar refractivity (Wildman–Crippen MR) is 71.9 cm³/mol. The molecule has 0 bridgehead atoms. The van der Waals surface area contributed by atoms with E-state index in [9.17, 15) is 9.59 Å². The maximum absolute atomic E-state index is 11.3. The highest BCUT2D eigenvalue weighted by Crippen LogP contribution is 2.14. The average Bonchev–Trinajstić information content (AvgIpc) is 2.29. The first kappa shape index (κ1) is 13.5. The molecule has 1 aromatic rings. The maximum atomic E-state index is 11.3. The van der Waals surface area contributed by atoms with Crippen LogP contribution in [-0.4, -0.2) is 46.5 Å². The van der Waals surface area contributed by atoms with Crippen molar-refractivity contribution in [3.05, 3.63) is 22.2 Å². The number of nitrogens with zero attached hydrogens (tertiary/aromatic N) is 2. The van der Waals surface area contributed by atoms with Crippen LogP contribution in [0, 0.1) is 6.92 Å². The van der Waals surface area contributed by atoms with Gasteiger partial charge in [0, 0.05) is 25.2 Å². The number of anilines is 1. The van der Waals surface area contributed by atoms with Crippen LogP contribution in [0.15, 0.2) is 10.9 Å². The van der Waals surface area contributed by atoms with E-state index in [1.54, 1.807) is 6.92 Å². The number of primary amides is 1. The van der Waals surface area contributed by atoms with E-state index in [0.29, 0.717) is 18.2 Å². The summed E-state index contributed by atoms with van der Waals surface area (Å²) in [5.74, 6) is 0.911. The zero-order valence-corrected chi connectivity index (χ0v) is 11.0. The van der Waals surface area contributed by atoms with Crippen molar-refractivity contribution >= 4 is 11.7 Å². The van der Waals surface area contributed by atoms with Gasteiger partial charge in [0.25, 0.3) is 5.56 Å². The van der Waals surface area contributed by atoms with Crippen molar-refractivity contribution in [2.24, 2.45) is 5.73 Å². The number of rotatable bonds is 4. The number of carbonyl (C=O) groups excluding carboxylic acids is 1. The number of aromatic nitrogens is 2. The normalized spacial score (nSPS) is 17.3. The highest BCUT2D eigenvalue weighted by Gasteiger charge is 2.20. The molecule has 0 aromatic carbocycles. The van der Waals surface area contributed by atoms with Crippen molar-refractivity contribution in [2.45, 2.75) is 25.8 Å². The van der Waals surface area contributed by atoms with E-state index >= 15 is 0 Å². The van der Waals surface area contributed by atoms with Crippen LogP contribution in [0.1, 0.15) is 18.7 Å². The standard InChI is InChI=1S/C12H19N5O2/c1-8-14-11(6-12(19)15-8)16-9-2-4-17(5-3-9)7-10(13)18/h6,9H,2-5,7H2,1H3,(H2,13,18)(H2,14,15,16,19). The molecule has 1 aromatic heterocycles. The first-order chi connectivity index (χ1) is 9.02. The van der Waals surface area contributed by atoms with Crippen molar-refractivity contribution in [3.63, 3.8) is 0 Å². The Labute approximate surface area is 111 Å². The van der Waals surface area contributed by atoms with Gasteiger partial charge in [-0.1, -0.05) is 0 Å². The molecule has 1 saturated heterocycles. The van der Waals surface area contributed by atoms with E-state index in [4.69, 9.17) is 5.73 Å². The molecule has 7 nitrogen and oxygen atoms in total. The van der Waals surface area contributed by atoms with Crippen molar-refractivity contribution in [3.8, 4) is 0 Å². The average molecular weight is 265 g/mol. The van der Waals surface area contributed by atoms with E-state index in [1.165, 1.54) is 6.07 Å². The first-order valence-corrected chi connectivity index (χ1v) is 6.38. The minimum Gasteiger partial charge on any atom is -0.369 e. The summed E-state index contributed by atoms with van der Waals surface area (Å²) in [7, 11) is 0. The van der Waals surface area contributed by atoms with E-state index in [1.807, 2.05) is 4.90 Å². The minimum atomic E-state index is -0.293. The zero-order valence-electron chi connectivity index (χ0n) is 11.0. The summed E-state index contributed by atoms with van der Waals surface area (Å²) in [6, 6.07) is 1.74. The first-order valence-electron chi connectivity index (χ1n) is 6.38. The van der Waals surface area contributed by atoms with Gasteiger partial charge in [-0.15, -0.1) is 0 Å². The Hall–Kier alpha value is -1.89. The number of likely N-dealkylation sites (tertiary alicyclic amines) is 1. The van der Waals surface area contributed by atoms with E-state index in [-0.39, 0.29) is 17.5 Å². The number of aryl methyl sites for hydroxylation is 1. The predicted octanol–water partition coefficient (Wildman–Crippen LogP) is -0.560. The summed E-state index contributed by atoms with van der Waals surface area (Å²) >= 11 is 0. The molecule has 0 atom stereocenters. The Kier molecular flexibility index (Phi) is 4.16. The molecule has 2 rings (SSSR count). The van der Waals surface area contributed by atoms with Crippen LogP contribution in [0.2, 0.25) is 0 Å². The Balaban J connectivity index is 1.88. The largest absolute Gasteiger partial charge is 0.369 e. The molecule has 7 heteroatoms. The van der Waals surface area contributed by atoms with Gasteiger partial charge in [-0.2, -0.15) is 0 Å². The highest BCUT2D eigenvalue weighted by molar-refractivity contribution is 5.75. The van der Waals surface area contributed by atoms with Gasteiger partial charge in [0.2, 0.25) is 5.91 Å². The number of hydrogen-bond acceptors (Lipinski definition) is 5. The van der Waals surface area contributed by atoms with E-state index in [2.05, 4.69) is 15.3 Å². The van der Waals surface area contributed by atoms with Gasteiger partial charge in [-0.25, -0.2) is 4.98 Å². The Morgan fingerprint density at radius 2 is 2.26 bits per heavy atom. The van der Waals surface area contributed by atoms with Gasteiger partial charge >= 0.3 is 0 Å². The molecule has 0 saturated carbocycles. The lowest BCUT2D eigenvalue weighted by molar-refractivity contribution is -0.119. The molecular weight excluding hydrogens is 246 g/mol. The van der Waals surface area contributed by atoms with Crippen LogP contribution in [0.4, 0.5) is 5.82 Å². The Bertz CT molecular complexity index is 505. The quantitative estimate of drug-likeness (QED) is 0.677. The van der Waals surface area contributed by atoms with Crippen LogP contribution in [0.25, 0.3) is 0 Å². The van der Waals surface area contributed by atoms with E-state index in [0.717, 1.165) is 25.9 Å². The van der Waals surface area contributed by atoms with Crippen LogP contribution < -0.4 is 16.6 Å². The second kappa shape index (κ2) is 5.83. The molecule has 1 aliphatic rings. The maximum Gasteiger partial charge on any atom is 0.252 e. The number of H-pyrrole nitrogens is 1. The third-order valence-electron chi connectivity index (χ3n) is 3.18. The summed E-state index contributed by atoms with van der Waals surface area (Å²) < 4.78 is 0. The highest BCUT2D eigenvalue weighted by atomic mass is 16.1. The number of nitrogens with two attached hydrogens (primary N) is 1.